The molecule has 0 aromatic heterocycles. The second-order valence-corrected chi connectivity index (χ2v) is 12.4. The highest BCUT2D eigenvalue weighted by atomic mass is 16.6. The van der Waals surface area contributed by atoms with Gasteiger partial charge in [0, 0.05) is 26.2 Å². The average Bonchev–Trinajstić information content (AvgIpc) is 3.58. The van der Waals surface area contributed by atoms with Crippen LogP contribution in [0.4, 0.5) is 9.59 Å². The quantitative estimate of drug-likeness (QED) is 0.335. The monoisotopic (exact) mass is 542 g/mol. The summed E-state index contributed by atoms with van der Waals surface area (Å²) in [5, 5.41) is 21.5. The van der Waals surface area contributed by atoms with Gasteiger partial charge in [-0.1, -0.05) is 0 Å². The number of likely N-dealkylation sites (tertiary alicyclic amines) is 2. The van der Waals surface area contributed by atoms with Gasteiger partial charge in [-0.05, 0) is 93.2 Å². The molecule has 0 aromatic carbocycles. The Morgan fingerprint density at radius 1 is 0.658 bits per heavy atom. The van der Waals surface area contributed by atoms with Crippen molar-refractivity contribution in [3.05, 3.63) is 0 Å². The molecule has 4 aliphatic rings. The van der Waals surface area contributed by atoms with Crippen molar-refractivity contribution in [1.29, 1.82) is 0 Å². The Hall–Kier alpha value is -2.60. The van der Waals surface area contributed by atoms with Gasteiger partial charge < -0.3 is 40.1 Å². The number of rotatable bonds is 0. The number of carboxylic acid groups (broad SMARTS) is 2. The second kappa shape index (κ2) is 12.5. The lowest BCUT2D eigenvalue weighted by Gasteiger charge is -2.35. The first kappa shape index (κ1) is 31.6. The molecular weight excluding hydrogens is 496 g/mol. The molecule has 2 atom stereocenters. The van der Waals surface area contributed by atoms with Crippen molar-refractivity contribution in [2.75, 3.05) is 39.3 Å². The largest absolute Gasteiger partial charge is 0.473 e. The molecule has 4 heterocycles. The van der Waals surface area contributed by atoms with Gasteiger partial charge in [-0.25, -0.2) is 19.2 Å². The Balaban J connectivity index is 0.000000221. The molecule has 4 rings (SSSR count). The van der Waals surface area contributed by atoms with E-state index in [0.717, 1.165) is 77.8 Å². The highest BCUT2D eigenvalue weighted by Crippen LogP contribution is 2.36. The van der Waals surface area contributed by atoms with Crippen LogP contribution in [0.2, 0.25) is 0 Å². The Bertz CT molecular complexity index is 771. The number of ether oxygens (including phenoxy) is 2. The maximum Gasteiger partial charge on any atom is 0.414 e. The molecule has 2 unspecified atom stereocenters. The minimum Gasteiger partial charge on any atom is -0.473 e. The first-order chi connectivity index (χ1) is 17.5. The van der Waals surface area contributed by atoms with Crippen LogP contribution in [0.25, 0.3) is 0 Å². The van der Waals surface area contributed by atoms with Crippen molar-refractivity contribution in [2.45, 2.75) is 102 Å². The molecule has 38 heavy (non-hydrogen) atoms. The van der Waals surface area contributed by atoms with E-state index in [-0.39, 0.29) is 23.3 Å². The number of carbonyl (C=O) groups is 4. The highest BCUT2D eigenvalue weighted by molar-refractivity contribution is 6.27. The van der Waals surface area contributed by atoms with E-state index in [9.17, 15) is 9.59 Å². The first-order valence-corrected chi connectivity index (χ1v) is 13.4. The van der Waals surface area contributed by atoms with Gasteiger partial charge in [0.15, 0.2) is 0 Å². The molecule has 4 saturated heterocycles. The van der Waals surface area contributed by atoms with Gasteiger partial charge in [0.05, 0.1) is 11.1 Å². The van der Waals surface area contributed by atoms with Crippen LogP contribution in [-0.4, -0.2) is 106 Å². The maximum atomic E-state index is 12.1. The summed E-state index contributed by atoms with van der Waals surface area (Å²) < 4.78 is 10.9. The molecule has 4 fully saturated rings. The standard InChI is InChI=1S/2C12H22N2O2.C2H2O4/c2*1-11(2,3)16-10(15)14-8-4-5-12(14)6-7-13-9-12;3-1(4)2(5)6/h2*13H,4-9H2,1-3H3;(H,3,4)(H,5,6). The third-order valence-corrected chi connectivity index (χ3v) is 7.05. The summed E-state index contributed by atoms with van der Waals surface area (Å²) in [6.07, 6.45) is 6.25. The van der Waals surface area contributed by atoms with E-state index in [1.54, 1.807) is 0 Å². The molecule has 2 amide bonds. The fourth-order valence-corrected chi connectivity index (χ4v) is 5.43. The minimum atomic E-state index is -1.82. The van der Waals surface area contributed by atoms with Crippen molar-refractivity contribution in [3.8, 4) is 0 Å². The Morgan fingerprint density at radius 3 is 1.24 bits per heavy atom. The normalized spacial score (nSPS) is 26.5. The number of hydrogen-bond acceptors (Lipinski definition) is 8. The van der Waals surface area contributed by atoms with Crippen LogP contribution in [0.1, 0.15) is 80.1 Å². The molecule has 0 saturated carbocycles. The van der Waals surface area contributed by atoms with E-state index in [1.807, 2.05) is 51.3 Å². The number of amides is 2. The van der Waals surface area contributed by atoms with Crippen LogP contribution < -0.4 is 10.6 Å². The van der Waals surface area contributed by atoms with Gasteiger partial charge in [0.1, 0.15) is 11.2 Å². The number of carboxylic acids is 2. The summed E-state index contributed by atoms with van der Waals surface area (Å²) in [4.78, 5) is 46.3. The third-order valence-electron chi connectivity index (χ3n) is 7.05. The molecule has 12 heteroatoms. The van der Waals surface area contributed by atoms with Crippen LogP contribution in [-0.2, 0) is 19.1 Å². The molecule has 12 nitrogen and oxygen atoms in total. The Labute approximate surface area is 225 Å². The van der Waals surface area contributed by atoms with E-state index in [2.05, 4.69) is 10.6 Å². The lowest BCUT2D eigenvalue weighted by molar-refractivity contribution is -0.159. The SMILES string of the molecule is CC(C)(C)OC(=O)N1CCCC12CCNC2.CC(C)(C)OC(=O)N1CCCC12CCNC2.O=C(O)C(=O)O. The molecule has 4 N–H and O–H groups in total. The van der Waals surface area contributed by atoms with Gasteiger partial charge in [-0.2, -0.15) is 0 Å². The summed E-state index contributed by atoms with van der Waals surface area (Å²) in [7, 11) is 0. The Kier molecular flexibility index (Phi) is 10.4. The number of aliphatic carboxylic acids is 2. The predicted molar refractivity (Wildman–Crippen MR) is 140 cm³/mol. The van der Waals surface area contributed by atoms with Crippen LogP contribution in [0.15, 0.2) is 0 Å². The zero-order valence-corrected chi connectivity index (χ0v) is 23.7. The molecule has 4 aliphatic heterocycles. The van der Waals surface area contributed by atoms with Crippen LogP contribution >= 0.6 is 0 Å². The van der Waals surface area contributed by atoms with Crippen molar-refractivity contribution < 1.29 is 38.9 Å². The van der Waals surface area contributed by atoms with Gasteiger partial charge in [0.2, 0.25) is 0 Å². The van der Waals surface area contributed by atoms with Crippen LogP contribution in [0.3, 0.4) is 0 Å². The number of nitrogens with one attached hydrogen (secondary N) is 2. The summed E-state index contributed by atoms with van der Waals surface area (Å²) in [5.74, 6) is -3.65. The molecular formula is C26H46N4O8. The van der Waals surface area contributed by atoms with Crippen molar-refractivity contribution in [1.82, 2.24) is 20.4 Å². The fraction of sp³-hybridized carbons (Fsp3) is 0.846. The lowest BCUT2D eigenvalue weighted by atomic mass is 9.95. The summed E-state index contributed by atoms with van der Waals surface area (Å²) >= 11 is 0. The second-order valence-electron chi connectivity index (χ2n) is 12.4. The third kappa shape index (κ3) is 8.72. The van der Waals surface area contributed by atoms with Crippen molar-refractivity contribution in [2.24, 2.45) is 0 Å². The predicted octanol–water partition coefficient (Wildman–Crippen LogP) is 2.65. The van der Waals surface area contributed by atoms with Gasteiger partial charge in [0.25, 0.3) is 0 Å². The molecule has 0 bridgehead atoms. The topological polar surface area (TPSA) is 158 Å². The van der Waals surface area contributed by atoms with Gasteiger partial charge in [-0.3, -0.25) is 0 Å². The number of hydrogen-bond donors (Lipinski definition) is 4. The minimum absolute atomic E-state index is 0.0440. The number of nitrogens with zero attached hydrogens (tertiary/aromatic N) is 2. The summed E-state index contributed by atoms with van der Waals surface area (Å²) in [6.45, 7) is 17.1. The van der Waals surface area contributed by atoms with E-state index < -0.39 is 23.1 Å². The van der Waals surface area contributed by atoms with E-state index >= 15 is 0 Å². The average molecular weight is 543 g/mol. The van der Waals surface area contributed by atoms with Gasteiger partial charge >= 0.3 is 24.1 Å². The zero-order valence-electron chi connectivity index (χ0n) is 23.7. The smallest absolute Gasteiger partial charge is 0.414 e. The fourth-order valence-electron chi connectivity index (χ4n) is 5.43. The molecule has 0 aromatic rings. The van der Waals surface area contributed by atoms with Crippen molar-refractivity contribution in [3.63, 3.8) is 0 Å². The van der Waals surface area contributed by atoms with E-state index in [4.69, 9.17) is 29.3 Å². The van der Waals surface area contributed by atoms with Crippen LogP contribution in [0, 0.1) is 0 Å². The van der Waals surface area contributed by atoms with Gasteiger partial charge in [-0.15, -0.1) is 0 Å². The summed E-state index contributed by atoms with van der Waals surface area (Å²) in [5.41, 5.74) is -0.704. The molecule has 0 radical (unpaired) electrons. The maximum absolute atomic E-state index is 12.1. The highest BCUT2D eigenvalue weighted by Gasteiger charge is 2.47. The lowest BCUT2D eigenvalue weighted by Crippen LogP contribution is -2.50. The van der Waals surface area contributed by atoms with Crippen molar-refractivity contribution >= 4 is 24.1 Å². The molecule has 0 aliphatic carbocycles. The van der Waals surface area contributed by atoms with E-state index in [1.165, 1.54) is 0 Å². The Morgan fingerprint density at radius 2 is 1.00 bits per heavy atom. The summed E-state index contributed by atoms with van der Waals surface area (Å²) in [6, 6.07) is 0. The molecule has 218 valence electrons. The van der Waals surface area contributed by atoms with Crippen LogP contribution in [0.5, 0.6) is 0 Å². The first-order valence-electron chi connectivity index (χ1n) is 13.4. The molecule has 2 spiro atoms. The van der Waals surface area contributed by atoms with E-state index in [0.29, 0.717) is 0 Å². The number of carbonyl (C=O) groups excluding carboxylic acids is 2. The zero-order chi connectivity index (χ0) is 28.8.